The van der Waals surface area contributed by atoms with Gasteiger partial charge in [0.25, 0.3) is 0 Å². The maximum atomic E-state index is 11.1. The molecule has 15 heavy (non-hydrogen) atoms. The summed E-state index contributed by atoms with van der Waals surface area (Å²) in [5.41, 5.74) is 1.22. The molecule has 0 radical (unpaired) electrons. The van der Waals surface area contributed by atoms with E-state index in [1.54, 1.807) is 0 Å². The second-order valence-electron chi connectivity index (χ2n) is 4.45. The second kappa shape index (κ2) is 4.15. The Bertz CT molecular complexity index is 336. The molecule has 1 aliphatic rings. The maximum absolute atomic E-state index is 11.1. The largest absolute Gasteiger partial charge is 0.307 e. The minimum absolute atomic E-state index is 0.0404. The van der Waals surface area contributed by atoms with Gasteiger partial charge in [-0.1, -0.05) is 37.3 Å². The number of hydrogen-bond acceptors (Lipinski definition) is 2. The minimum Gasteiger partial charge on any atom is -0.307 e. The van der Waals surface area contributed by atoms with Crippen molar-refractivity contribution in [3.63, 3.8) is 0 Å². The van der Waals surface area contributed by atoms with E-state index < -0.39 is 0 Å². The molecule has 0 aliphatic carbocycles. The zero-order chi connectivity index (χ0) is 10.7. The average molecular weight is 203 g/mol. The van der Waals surface area contributed by atoms with E-state index in [0.717, 1.165) is 25.7 Å². The van der Waals surface area contributed by atoms with Crippen LogP contribution < -0.4 is 5.32 Å². The Labute approximate surface area is 90.7 Å². The van der Waals surface area contributed by atoms with Gasteiger partial charge in [0, 0.05) is 5.41 Å². The van der Waals surface area contributed by atoms with Crippen LogP contribution in [0.1, 0.15) is 25.3 Å². The fourth-order valence-corrected chi connectivity index (χ4v) is 2.44. The summed E-state index contributed by atoms with van der Waals surface area (Å²) in [5, 5.41) is 3.29. The van der Waals surface area contributed by atoms with E-state index in [2.05, 4.69) is 24.4 Å². The zero-order valence-electron chi connectivity index (χ0n) is 9.07. The van der Waals surface area contributed by atoms with Gasteiger partial charge < -0.3 is 10.1 Å². The minimum atomic E-state index is -0.0475. The van der Waals surface area contributed by atoms with E-state index in [1.165, 1.54) is 5.56 Å². The first-order chi connectivity index (χ1) is 7.27. The first-order valence-electron chi connectivity index (χ1n) is 5.51. The molecule has 0 saturated carbocycles. The molecule has 0 spiro atoms. The molecular formula is C13H17NO. The van der Waals surface area contributed by atoms with Crippen LogP contribution in [0.15, 0.2) is 30.3 Å². The Hall–Kier alpha value is -1.15. The Kier molecular flexibility index (Phi) is 2.87. The lowest BCUT2D eigenvalue weighted by Gasteiger charge is -2.39. The lowest BCUT2D eigenvalue weighted by Crippen LogP contribution is -2.51. The Balaban J connectivity index is 2.34. The predicted octanol–water partition coefficient (Wildman–Crippen LogP) is 1.90. The molecule has 1 aromatic carbocycles. The van der Waals surface area contributed by atoms with Crippen molar-refractivity contribution in [2.45, 2.75) is 31.2 Å². The predicted molar refractivity (Wildman–Crippen MR) is 60.9 cm³/mol. The Morgan fingerprint density at radius 1 is 1.40 bits per heavy atom. The third-order valence-electron chi connectivity index (χ3n) is 3.49. The molecular weight excluding hydrogens is 186 g/mol. The van der Waals surface area contributed by atoms with Gasteiger partial charge in [0.05, 0.1) is 6.04 Å². The smallest absolute Gasteiger partial charge is 0.137 e. The third kappa shape index (κ3) is 1.82. The first-order valence-corrected chi connectivity index (χ1v) is 5.51. The lowest BCUT2D eigenvalue weighted by atomic mass is 9.71. The van der Waals surface area contributed by atoms with Crippen LogP contribution >= 0.6 is 0 Å². The molecule has 80 valence electrons. The molecule has 2 nitrogen and oxygen atoms in total. The molecule has 1 N–H and O–H groups in total. The molecule has 0 bridgehead atoms. The maximum Gasteiger partial charge on any atom is 0.137 e. The van der Waals surface area contributed by atoms with Gasteiger partial charge in [0.1, 0.15) is 6.29 Å². The van der Waals surface area contributed by atoms with Gasteiger partial charge in [0.2, 0.25) is 0 Å². The van der Waals surface area contributed by atoms with Gasteiger partial charge in [-0.25, -0.2) is 0 Å². The molecule has 1 saturated heterocycles. The van der Waals surface area contributed by atoms with Gasteiger partial charge >= 0.3 is 0 Å². The molecule has 1 heterocycles. The summed E-state index contributed by atoms with van der Waals surface area (Å²) >= 11 is 0. The number of rotatable bonds is 2. The summed E-state index contributed by atoms with van der Waals surface area (Å²) in [6.07, 6.45) is 3.26. The van der Waals surface area contributed by atoms with Crippen LogP contribution in [0.25, 0.3) is 0 Å². The van der Waals surface area contributed by atoms with E-state index in [4.69, 9.17) is 0 Å². The lowest BCUT2D eigenvalue weighted by molar-refractivity contribution is -0.111. The average Bonchev–Trinajstić information content (AvgIpc) is 2.31. The van der Waals surface area contributed by atoms with Crippen molar-refractivity contribution < 1.29 is 4.79 Å². The molecule has 1 aromatic rings. The SMILES string of the molecule is CC1(c2ccccc2)CCCNC1C=O. The van der Waals surface area contributed by atoms with E-state index >= 15 is 0 Å². The van der Waals surface area contributed by atoms with Gasteiger partial charge in [0.15, 0.2) is 0 Å². The molecule has 1 aliphatic heterocycles. The molecule has 2 heteroatoms. The third-order valence-corrected chi connectivity index (χ3v) is 3.49. The normalized spacial score (nSPS) is 31.1. The highest BCUT2D eigenvalue weighted by molar-refractivity contribution is 5.62. The van der Waals surface area contributed by atoms with Crippen molar-refractivity contribution >= 4 is 6.29 Å². The fraction of sp³-hybridized carbons (Fsp3) is 0.462. The van der Waals surface area contributed by atoms with Crippen LogP contribution in [-0.4, -0.2) is 18.9 Å². The van der Waals surface area contributed by atoms with E-state index in [9.17, 15) is 4.79 Å². The molecule has 2 rings (SSSR count). The number of carbonyl (C=O) groups excluding carboxylic acids is 1. The van der Waals surface area contributed by atoms with Crippen LogP contribution in [0.4, 0.5) is 0 Å². The van der Waals surface area contributed by atoms with Crippen molar-refractivity contribution in [1.29, 1.82) is 0 Å². The molecule has 1 fully saturated rings. The summed E-state index contributed by atoms with van der Waals surface area (Å²) in [5.74, 6) is 0. The zero-order valence-corrected chi connectivity index (χ0v) is 9.07. The second-order valence-corrected chi connectivity index (χ2v) is 4.45. The summed E-state index contributed by atoms with van der Waals surface area (Å²) in [4.78, 5) is 11.1. The standard InChI is InChI=1S/C13H17NO/c1-13(11-6-3-2-4-7-11)8-5-9-14-12(13)10-15/h2-4,6-7,10,12,14H,5,8-9H2,1H3. The van der Waals surface area contributed by atoms with Crippen molar-refractivity contribution in [2.75, 3.05) is 6.54 Å². The number of hydrogen-bond donors (Lipinski definition) is 1. The highest BCUT2D eigenvalue weighted by Gasteiger charge is 2.37. The Morgan fingerprint density at radius 2 is 2.13 bits per heavy atom. The van der Waals surface area contributed by atoms with E-state index in [-0.39, 0.29) is 11.5 Å². The van der Waals surface area contributed by atoms with E-state index in [0.29, 0.717) is 0 Å². The molecule has 0 aromatic heterocycles. The van der Waals surface area contributed by atoms with Crippen LogP contribution in [0, 0.1) is 0 Å². The molecule has 2 unspecified atom stereocenters. The van der Waals surface area contributed by atoms with Crippen molar-refractivity contribution in [3.8, 4) is 0 Å². The van der Waals surface area contributed by atoms with Gasteiger partial charge in [-0.3, -0.25) is 0 Å². The summed E-state index contributed by atoms with van der Waals surface area (Å²) in [6, 6.07) is 10.3. The number of carbonyl (C=O) groups is 1. The number of benzene rings is 1. The summed E-state index contributed by atoms with van der Waals surface area (Å²) in [7, 11) is 0. The monoisotopic (exact) mass is 203 g/mol. The van der Waals surface area contributed by atoms with Gasteiger partial charge in [-0.15, -0.1) is 0 Å². The fourth-order valence-electron chi connectivity index (χ4n) is 2.44. The van der Waals surface area contributed by atoms with E-state index in [1.807, 2.05) is 18.2 Å². The van der Waals surface area contributed by atoms with Gasteiger partial charge in [-0.2, -0.15) is 0 Å². The highest BCUT2D eigenvalue weighted by atomic mass is 16.1. The van der Waals surface area contributed by atoms with Crippen molar-refractivity contribution in [2.24, 2.45) is 0 Å². The topological polar surface area (TPSA) is 29.1 Å². The summed E-state index contributed by atoms with van der Waals surface area (Å²) < 4.78 is 0. The number of piperidine rings is 1. The number of aldehydes is 1. The van der Waals surface area contributed by atoms with Gasteiger partial charge in [-0.05, 0) is 24.9 Å². The van der Waals surface area contributed by atoms with Crippen LogP contribution in [-0.2, 0) is 10.2 Å². The highest BCUT2D eigenvalue weighted by Crippen LogP contribution is 2.34. The summed E-state index contributed by atoms with van der Waals surface area (Å²) in [6.45, 7) is 3.12. The molecule has 0 amide bonds. The van der Waals surface area contributed by atoms with Crippen LogP contribution in [0.3, 0.4) is 0 Å². The molecule has 2 atom stereocenters. The van der Waals surface area contributed by atoms with Crippen LogP contribution in [0.5, 0.6) is 0 Å². The van der Waals surface area contributed by atoms with Crippen molar-refractivity contribution in [3.05, 3.63) is 35.9 Å². The quantitative estimate of drug-likeness (QED) is 0.744. The number of nitrogens with one attached hydrogen (secondary N) is 1. The van der Waals surface area contributed by atoms with Crippen LogP contribution in [0.2, 0.25) is 0 Å². The Morgan fingerprint density at radius 3 is 2.80 bits per heavy atom. The first kappa shape index (κ1) is 10.4. The van der Waals surface area contributed by atoms with Crippen molar-refractivity contribution in [1.82, 2.24) is 5.32 Å².